The smallest absolute Gasteiger partial charge is 0.131 e. The van der Waals surface area contributed by atoms with Gasteiger partial charge in [0.15, 0.2) is 0 Å². The van der Waals surface area contributed by atoms with Gasteiger partial charge in [-0.1, -0.05) is 53.5 Å². The van der Waals surface area contributed by atoms with Gasteiger partial charge in [0.2, 0.25) is 0 Å². The number of halogens is 2. The molecule has 3 rings (SSSR count). The van der Waals surface area contributed by atoms with Gasteiger partial charge in [-0.15, -0.1) is 0 Å². The van der Waals surface area contributed by atoms with Crippen molar-refractivity contribution < 1.29 is 0 Å². The minimum absolute atomic E-state index is 0.564. The normalized spacial score (nSPS) is 10.8. The second kappa shape index (κ2) is 5.80. The second-order valence-corrected chi connectivity index (χ2v) is 5.62. The molecule has 3 aromatic rings. The number of rotatable bonds is 3. The van der Waals surface area contributed by atoms with Crippen molar-refractivity contribution in [2.24, 2.45) is 0 Å². The number of hydrogen-bond acceptors (Lipinski definition) is 2. The third kappa shape index (κ3) is 3.04. The summed E-state index contributed by atoms with van der Waals surface area (Å²) in [6, 6.07) is 15.4. The summed E-state index contributed by atoms with van der Waals surface area (Å²) < 4.78 is 1.90. The Morgan fingerprint density at radius 2 is 1.67 bits per heavy atom. The fraction of sp³-hybridized carbons (Fsp3) is 0.0625. The van der Waals surface area contributed by atoms with E-state index in [0.717, 1.165) is 11.1 Å². The lowest BCUT2D eigenvalue weighted by Crippen LogP contribution is -2.03. The molecule has 0 bridgehead atoms. The van der Waals surface area contributed by atoms with Gasteiger partial charge in [0.25, 0.3) is 0 Å². The van der Waals surface area contributed by atoms with Crippen molar-refractivity contribution in [1.82, 2.24) is 9.55 Å². The van der Waals surface area contributed by atoms with Gasteiger partial charge < -0.3 is 10.3 Å². The highest BCUT2D eigenvalue weighted by Crippen LogP contribution is 2.30. The van der Waals surface area contributed by atoms with Crippen molar-refractivity contribution in [2.45, 2.75) is 6.54 Å². The molecule has 0 saturated heterocycles. The van der Waals surface area contributed by atoms with Crippen molar-refractivity contribution in [3.8, 4) is 11.3 Å². The van der Waals surface area contributed by atoms with Crippen LogP contribution in [0.3, 0.4) is 0 Å². The van der Waals surface area contributed by atoms with Crippen LogP contribution in [0.2, 0.25) is 10.0 Å². The molecule has 0 radical (unpaired) electrons. The maximum Gasteiger partial charge on any atom is 0.131 e. The quantitative estimate of drug-likeness (QED) is 0.773. The third-order valence-electron chi connectivity index (χ3n) is 3.21. The molecule has 0 spiro atoms. The Kier molecular flexibility index (Phi) is 3.86. The van der Waals surface area contributed by atoms with Gasteiger partial charge in [-0.2, -0.15) is 0 Å². The van der Waals surface area contributed by atoms with E-state index in [4.69, 9.17) is 28.9 Å². The molecule has 0 amide bonds. The Labute approximate surface area is 132 Å². The molecule has 0 aliphatic heterocycles. The van der Waals surface area contributed by atoms with Crippen LogP contribution in [0.1, 0.15) is 5.56 Å². The van der Waals surface area contributed by atoms with E-state index in [1.54, 1.807) is 24.5 Å². The van der Waals surface area contributed by atoms with Crippen LogP contribution < -0.4 is 5.73 Å². The van der Waals surface area contributed by atoms with Crippen LogP contribution in [0.15, 0.2) is 54.9 Å². The van der Waals surface area contributed by atoms with Crippen LogP contribution in [0.25, 0.3) is 11.3 Å². The highest BCUT2D eigenvalue weighted by atomic mass is 35.5. The maximum atomic E-state index is 6.20. The van der Waals surface area contributed by atoms with Crippen molar-refractivity contribution in [3.63, 3.8) is 0 Å². The number of imidazole rings is 1. The molecule has 0 aliphatic rings. The molecule has 21 heavy (non-hydrogen) atoms. The molecular formula is C16H13Cl2N3. The first-order valence-electron chi connectivity index (χ1n) is 6.44. The lowest BCUT2D eigenvalue weighted by atomic mass is 10.1. The monoisotopic (exact) mass is 317 g/mol. The van der Waals surface area contributed by atoms with Crippen LogP contribution in [0.5, 0.6) is 0 Å². The molecule has 1 aromatic heterocycles. The standard InChI is InChI=1S/C16H13Cl2N3/c17-13-6-12(7-14(18)8-13)15-16(19)21(10-20-15)9-11-4-2-1-3-5-11/h1-8,10H,9,19H2. The van der Waals surface area contributed by atoms with E-state index < -0.39 is 0 Å². The molecule has 2 N–H and O–H groups in total. The zero-order valence-electron chi connectivity index (χ0n) is 11.1. The minimum atomic E-state index is 0.564. The summed E-state index contributed by atoms with van der Waals surface area (Å²) >= 11 is 12.1. The Balaban J connectivity index is 1.95. The number of benzene rings is 2. The fourth-order valence-electron chi connectivity index (χ4n) is 2.21. The number of aromatic nitrogens is 2. The Morgan fingerprint density at radius 3 is 2.33 bits per heavy atom. The zero-order chi connectivity index (χ0) is 14.8. The summed E-state index contributed by atoms with van der Waals surface area (Å²) in [5, 5.41) is 1.13. The topological polar surface area (TPSA) is 43.8 Å². The lowest BCUT2D eigenvalue weighted by molar-refractivity contribution is 0.808. The largest absolute Gasteiger partial charge is 0.383 e. The van der Waals surface area contributed by atoms with Gasteiger partial charge >= 0.3 is 0 Å². The number of anilines is 1. The van der Waals surface area contributed by atoms with Gasteiger partial charge in [0.1, 0.15) is 11.5 Å². The molecule has 0 atom stereocenters. The predicted molar refractivity (Wildman–Crippen MR) is 87.6 cm³/mol. The second-order valence-electron chi connectivity index (χ2n) is 4.75. The van der Waals surface area contributed by atoms with E-state index in [9.17, 15) is 0 Å². The van der Waals surface area contributed by atoms with Gasteiger partial charge in [0, 0.05) is 15.6 Å². The number of nitrogens with two attached hydrogens (primary N) is 1. The number of nitrogens with zero attached hydrogens (tertiary/aromatic N) is 2. The van der Waals surface area contributed by atoms with Crippen LogP contribution in [0, 0.1) is 0 Å². The van der Waals surface area contributed by atoms with Crippen LogP contribution in [-0.2, 0) is 6.54 Å². The summed E-state index contributed by atoms with van der Waals surface area (Å²) in [5.41, 5.74) is 8.87. The summed E-state index contributed by atoms with van der Waals surface area (Å²) in [6.07, 6.45) is 1.73. The highest BCUT2D eigenvalue weighted by molar-refractivity contribution is 6.35. The van der Waals surface area contributed by atoms with Gasteiger partial charge in [0.05, 0.1) is 12.9 Å². The molecule has 1 heterocycles. The molecule has 3 nitrogen and oxygen atoms in total. The van der Waals surface area contributed by atoms with Gasteiger partial charge in [-0.05, 0) is 23.8 Å². The first-order valence-corrected chi connectivity index (χ1v) is 7.20. The van der Waals surface area contributed by atoms with E-state index in [1.807, 2.05) is 22.8 Å². The first-order chi connectivity index (χ1) is 10.1. The molecule has 2 aromatic carbocycles. The third-order valence-corrected chi connectivity index (χ3v) is 3.65. The average Bonchev–Trinajstić information content (AvgIpc) is 2.80. The summed E-state index contributed by atoms with van der Waals surface area (Å²) in [7, 11) is 0. The predicted octanol–water partition coefficient (Wildman–Crippen LogP) is 4.49. The van der Waals surface area contributed by atoms with Crippen molar-refractivity contribution >= 4 is 29.0 Å². The van der Waals surface area contributed by atoms with E-state index in [1.165, 1.54) is 0 Å². The summed E-state index contributed by atoms with van der Waals surface area (Å²) in [6.45, 7) is 0.675. The molecule has 0 saturated carbocycles. The van der Waals surface area contributed by atoms with Crippen LogP contribution >= 0.6 is 23.2 Å². The van der Waals surface area contributed by atoms with Crippen LogP contribution in [0.4, 0.5) is 5.82 Å². The first kappa shape index (κ1) is 14.0. The molecule has 0 fully saturated rings. The van der Waals surface area contributed by atoms with Gasteiger partial charge in [-0.3, -0.25) is 0 Å². The van der Waals surface area contributed by atoms with Crippen molar-refractivity contribution in [3.05, 3.63) is 70.5 Å². The van der Waals surface area contributed by atoms with Crippen molar-refractivity contribution in [1.29, 1.82) is 0 Å². The van der Waals surface area contributed by atoms with Crippen LogP contribution in [-0.4, -0.2) is 9.55 Å². The Morgan fingerprint density at radius 1 is 1.00 bits per heavy atom. The van der Waals surface area contributed by atoms with E-state index in [2.05, 4.69) is 17.1 Å². The molecule has 0 unspecified atom stereocenters. The molecular weight excluding hydrogens is 305 g/mol. The average molecular weight is 318 g/mol. The Hall–Kier alpha value is -1.97. The fourth-order valence-corrected chi connectivity index (χ4v) is 2.74. The Bertz CT molecular complexity index is 746. The maximum absolute atomic E-state index is 6.20. The summed E-state index contributed by atoms with van der Waals surface area (Å²) in [4.78, 5) is 4.39. The van der Waals surface area contributed by atoms with E-state index in [-0.39, 0.29) is 0 Å². The summed E-state index contributed by atoms with van der Waals surface area (Å²) in [5.74, 6) is 0.595. The minimum Gasteiger partial charge on any atom is -0.383 e. The van der Waals surface area contributed by atoms with Gasteiger partial charge in [-0.25, -0.2) is 4.98 Å². The zero-order valence-corrected chi connectivity index (χ0v) is 12.6. The SMILES string of the molecule is Nc1c(-c2cc(Cl)cc(Cl)c2)ncn1Cc1ccccc1. The van der Waals surface area contributed by atoms with E-state index in [0.29, 0.717) is 28.1 Å². The lowest BCUT2D eigenvalue weighted by Gasteiger charge is -2.06. The van der Waals surface area contributed by atoms with E-state index >= 15 is 0 Å². The highest BCUT2D eigenvalue weighted by Gasteiger charge is 2.11. The number of nitrogen functional groups attached to an aromatic ring is 1. The molecule has 5 heteroatoms. The number of hydrogen-bond donors (Lipinski definition) is 1. The molecule has 106 valence electrons. The molecule has 0 aliphatic carbocycles. The van der Waals surface area contributed by atoms with Crippen molar-refractivity contribution in [2.75, 3.05) is 5.73 Å².